The average molecular weight is 440 g/mol. The third-order valence-corrected chi connectivity index (χ3v) is 6.13. The maximum atomic E-state index is 10.9. The summed E-state index contributed by atoms with van der Waals surface area (Å²) in [5, 5.41) is 5.13. The highest BCUT2D eigenvalue weighted by Crippen LogP contribution is 2.54. The average Bonchev–Trinajstić information content (AvgIpc) is 3.40. The molecule has 8 heteroatoms. The summed E-state index contributed by atoms with van der Waals surface area (Å²) >= 11 is 4.50. The fourth-order valence-corrected chi connectivity index (χ4v) is 4.14. The van der Waals surface area contributed by atoms with Crippen LogP contribution in [0.1, 0.15) is 64.4 Å². The van der Waals surface area contributed by atoms with Gasteiger partial charge in [-0.15, -0.1) is 0 Å². The van der Waals surface area contributed by atoms with Crippen molar-refractivity contribution < 1.29 is 13.2 Å². The second-order valence-corrected chi connectivity index (χ2v) is 8.60. The number of rotatable bonds is 10. The van der Waals surface area contributed by atoms with Crippen LogP contribution in [0, 0.1) is 5.92 Å². The van der Waals surface area contributed by atoms with Crippen molar-refractivity contribution in [2.45, 2.75) is 70.3 Å². The molecule has 1 aliphatic carbocycles. The number of amides is 1. The molecule has 1 amide bonds. The Morgan fingerprint density at radius 1 is 1.31 bits per heavy atom. The van der Waals surface area contributed by atoms with Crippen LogP contribution in [0.2, 0.25) is 0 Å². The van der Waals surface area contributed by atoms with Crippen LogP contribution in [0.25, 0.3) is 0 Å². The molecular weight excluding hydrogens is 406 g/mol. The second-order valence-electron chi connectivity index (χ2n) is 7.55. The van der Waals surface area contributed by atoms with Gasteiger partial charge in [0.05, 0.1) is 6.04 Å². The van der Waals surface area contributed by atoms with E-state index in [1.165, 1.54) is 31.2 Å². The lowest BCUT2D eigenvalue weighted by Gasteiger charge is -2.18. The van der Waals surface area contributed by atoms with Crippen molar-refractivity contribution in [1.82, 2.24) is 10.6 Å². The largest absolute Gasteiger partial charge is 0.365 e. The smallest absolute Gasteiger partial charge is 0.311 e. The monoisotopic (exact) mass is 439 g/mol. The van der Waals surface area contributed by atoms with E-state index in [0.717, 1.165) is 25.2 Å². The minimum atomic E-state index is -2.30. The molecule has 3 atom stereocenters. The molecular formula is C21H33N3O3S2. The fourth-order valence-electron chi connectivity index (χ4n) is 3.61. The van der Waals surface area contributed by atoms with Crippen LogP contribution in [0.5, 0.6) is 0 Å². The highest BCUT2D eigenvalue weighted by atomic mass is 32.2. The van der Waals surface area contributed by atoms with Gasteiger partial charge in [0.25, 0.3) is 0 Å². The van der Waals surface area contributed by atoms with Crippen molar-refractivity contribution in [2.24, 2.45) is 10.3 Å². The van der Waals surface area contributed by atoms with Gasteiger partial charge < -0.3 is 10.6 Å². The van der Waals surface area contributed by atoms with Gasteiger partial charge in [0.2, 0.25) is 6.41 Å². The number of carbonyl (C=O) groups is 1. The molecule has 1 saturated carbocycles. The zero-order valence-corrected chi connectivity index (χ0v) is 19.2. The van der Waals surface area contributed by atoms with Crippen molar-refractivity contribution in [3.63, 3.8) is 0 Å². The number of benzene rings is 1. The summed E-state index contributed by atoms with van der Waals surface area (Å²) in [5.41, 5.74) is 1.21. The molecule has 29 heavy (non-hydrogen) atoms. The molecule has 1 fully saturated rings. The minimum Gasteiger partial charge on any atom is -0.365 e. The molecule has 2 N–H and O–H groups in total. The van der Waals surface area contributed by atoms with E-state index in [9.17, 15) is 13.2 Å². The molecule has 0 spiro atoms. The van der Waals surface area contributed by atoms with Crippen LogP contribution in [0.3, 0.4) is 0 Å². The van der Waals surface area contributed by atoms with Crippen LogP contribution < -0.4 is 10.6 Å². The maximum absolute atomic E-state index is 10.9. The lowest BCUT2D eigenvalue weighted by atomic mass is 9.87. The zero-order chi connectivity index (χ0) is 21.7. The molecule has 0 bridgehead atoms. The van der Waals surface area contributed by atoms with Crippen LogP contribution in [0.15, 0.2) is 34.7 Å². The van der Waals surface area contributed by atoms with Gasteiger partial charge in [0.1, 0.15) is 0 Å². The van der Waals surface area contributed by atoms with Gasteiger partial charge in [-0.05, 0) is 36.5 Å². The lowest BCUT2D eigenvalue weighted by Crippen LogP contribution is -2.30. The van der Waals surface area contributed by atoms with Gasteiger partial charge in [0.15, 0.2) is 5.11 Å². The Balaban J connectivity index is 0.000000516. The standard InChI is InChI=1S/C18H27NO2S.C3H6N2OS/c1-3-4-9-15(2)10-8-13-18(14-17(18)19-22(20)21)16-11-6-5-7-12-16;1-4-3(7)5-2-6/h5-7,11-12,15,17H,3-4,8-10,13-14H2,1-2H3;2H,1H3,(H2,4,5,6,7). The Morgan fingerprint density at radius 3 is 2.48 bits per heavy atom. The summed E-state index contributed by atoms with van der Waals surface area (Å²) in [4.78, 5) is 9.54. The van der Waals surface area contributed by atoms with Gasteiger partial charge in [0, 0.05) is 12.5 Å². The predicted octanol–water partition coefficient (Wildman–Crippen LogP) is 3.99. The van der Waals surface area contributed by atoms with Crippen molar-refractivity contribution >= 4 is 34.2 Å². The second kappa shape index (κ2) is 13.4. The quantitative estimate of drug-likeness (QED) is 0.425. The zero-order valence-electron chi connectivity index (χ0n) is 17.6. The topological polar surface area (TPSA) is 87.6 Å². The first-order valence-corrected chi connectivity index (χ1v) is 11.6. The summed E-state index contributed by atoms with van der Waals surface area (Å²) in [6, 6.07) is 10.2. The van der Waals surface area contributed by atoms with Gasteiger partial charge in [-0.25, -0.2) is 0 Å². The third kappa shape index (κ3) is 9.04. The third-order valence-electron chi connectivity index (χ3n) is 5.38. The predicted molar refractivity (Wildman–Crippen MR) is 121 cm³/mol. The molecule has 1 aromatic carbocycles. The molecule has 2 rings (SSSR count). The Morgan fingerprint density at radius 2 is 1.97 bits per heavy atom. The molecule has 0 radical (unpaired) electrons. The molecule has 0 saturated heterocycles. The van der Waals surface area contributed by atoms with Gasteiger partial charge in [-0.3, -0.25) is 4.79 Å². The number of hydrogen-bond donors (Lipinski definition) is 2. The van der Waals surface area contributed by atoms with E-state index >= 15 is 0 Å². The van der Waals surface area contributed by atoms with E-state index in [0.29, 0.717) is 11.5 Å². The first-order valence-electron chi connectivity index (χ1n) is 10.2. The van der Waals surface area contributed by atoms with E-state index in [1.807, 2.05) is 18.2 Å². The van der Waals surface area contributed by atoms with Crippen LogP contribution in [-0.4, -0.2) is 33.0 Å². The van der Waals surface area contributed by atoms with E-state index < -0.39 is 10.5 Å². The van der Waals surface area contributed by atoms with Crippen molar-refractivity contribution in [1.29, 1.82) is 0 Å². The number of thiocarbonyl (C=S) groups is 1. The SMILES string of the molecule is CCCCC(C)CCCC1(c2ccccc2)CC1N=S(=O)=O.CNC(=S)NC=O. The number of nitrogens with zero attached hydrogens (tertiary/aromatic N) is 1. The number of unbranched alkanes of at least 4 members (excludes halogenated alkanes) is 1. The van der Waals surface area contributed by atoms with Crippen molar-refractivity contribution in [2.75, 3.05) is 7.05 Å². The van der Waals surface area contributed by atoms with E-state index in [4.69, 9.17) is 0 Å². The molecule has 1 aromatic rings. The minimum absolute atomic E-state index is 0.0359. The number of nitrogens with one attached hydrogen (secondary N) is 2. The lowest BCUT2D eigenvalue weighted by molar-refractivity contribution is -0.108. The fraction of sp³-hybridized carbons (Fsp3) is 0.619. The Labute approximate surface area is 181 Å². The normalized spacial score (nSPS) is 20.4. The Kier molecular flexibility index (Phi) is 11.7. The molecule has 3 unspecified atom stereocenters. The molecule has 0 aliphatic heterocycles. The van der Waals surface area contributed by atoms with Crippen LogP contribution in [-0.2, 0) is 20.7 Å². The summed E-state index contributed by atoms with van der Waals surface area (Å²) in [6.07, 6.45) is 8.67. The maximum Gasteiger partial charge on any atom is 0.311 e. The molecule has 6 nitrogen and oxygen atoms in total. The highest BCUT2D eigenvalue weighted by Gasteiger charge is 2.55. The molecule has 0 aromatic heterocycles. The van der Waals surface area contributed by atoms with E-state index in [2.05, 4.69) is 53.2 Å². The first kappa shape index (κ1) is 25.2. The van der Waals surface area contributed by atoms with E-state index in [-0.39, 0.29) is 11.5 Å². The first-order chi connectivity index (χ1) is 13.9. The highest BCUT2D eigenvalue weighted by molar-refractivity contribution is 7.80. The summed E-state index contributed by atoms with van der Waals surface area (Å²) < 4.78 is 25.7. The summed E-state index contributed by atoms with van der Waals surface area (Å²) in [5.74, 6) is 0.760. The van der Waals surface area contributed by atoms with Gasteiger partial charge >= 0.3 is 10.5 Å². The summed E-state index contributed by atoms with van der Waals surface area (Å²) in [6.45, 7) is 4.56. The van der Waals surface area contributed by atoms with Crippen LogP contribution in [0.4, 0.5) is 0 Å². The number of hydrogen-bond acceptors (Lipinski definition) is 5. The summed E-state index contributed by atoms with van der Waals surface area (Å²) in [7, 11) is -0.659. The van der Waals surface area contributed by atoms with Gasteiger partial charge in [-0.2, -0.15) is 12.8 Å². The van der Waals surface area contributed by atoms with E-state index in [1.54, 1.807) is 7.05 Å². The van der Waals surface area contributed by atoms with Crippen molar-refractivity contribution in [3.05, 3.63) is 35.9 Å². The molecule has 162 valence electrons. The number of carbonyl (C=O) groups excluding carboxylic acids is 1. The molecule has 1 aliphatic rings. The van der Waals surface area contributed by atoms with Gasteiger partial charge in [-0.1, -0.05) is 76.3 Å². The molecule has 0 heterocycles. The van der Waals surface area contributed by atoms with Crippen LogP contribution >= 0.6 is 12.2 Å². The Bertz CT molecular complexity index is 761. The Hall–Kier alpha value is -1.80. The van der Waals surface area contributed by atoms with Crippen molar-refractivity contribution in [3.8, 4) is 0 Å².